The van der Waals surface area contributed by atoms with Gasteiger partial charge in [-0.3, -0.25) is 4.98 Å². The monoisotopic (exact) mass is 544 g/mol. The second kappa shape index (κ2) is 9.59. The van der Waals surface area contributed by atoms with Gasteiger partial charge in [-0.2, -0.15) is 0 Å². The van der Waals surface area contributed by atoms with Crippen LogP contribution in [0.3, 0.4) is 0 Å². The summed E-state index contributed by atoms with van der Waals surface area (Å²) in [4.78, 5) is 6.95. The molecule has 2 unspecified atom stereocenters. The highest BCUT2D eigenvalue weighted by atomic mass is 79.9. The number of nitrogens with zero attached hydrogens (tertiary/aromatic N) is 3. The van der Waals surface area contributed by atoms with Crippen LogP contribution in [0.1, 0.15) is 52.8 Å². The second-order valence-corrected chi connectivity index (χ2v) is 10.4. The maximum absolute atomic E-state index is 5.93. The molecule has 1 fully saturated rings. The number of thiocarbonyl (C=S) groups is 1. The number of hydrogen-bond donors (Lipinski definition) is 1. The van der Waals surface area contributed by atoms with E-state index in [-0.39, 0.29) is 12.1 Å². The zero-order valence-corrected chi connectivity index (χ0v) is 22.8. The molecule has 0 bridgehead atoms. The van der Waals surface area contributed by atoms with E-state index < -0.39 is 0 Å². The van der Waals surface area contributed by atoms with E-state index in [9.17, 15) is 0 Å². The Morgan fingerprint density at radius 3 is 2.37 bits per heavy atom. The minimum atomic E-state index is -0.0657. The molecular weight excluding hydrogens is 516 g/mol. The molecule has 0 radical (unpaired) electrons. The number of aryl methyl sites for hydroxylation is 3. The van der Waals surface area contributed by atoms with Crippen LogP contribution in [-0.4, -0.2) is 14.7 Å². The molecule has 0 amide bonds. The Labute approximate surface area is 221 Å². The minimum Gasteiger partial charge on any atom is -0.351 e. The molecule has 6 heteroatoms. The standard InChI is InChI=1S/C29H29BrN4S/c1-5-21-9-11-22(12-10-21)33-19(3)17-24(20(33)4)28-27(26-8-6-7-15-31-26)32-29(35)34(28)23-13-14-25(30)18(2)16-23/h6-17,27-28H,5H2,1-4H3,(H,32,35). The highest BCUT2D eigenvalue weighted by molar-refractivity contribution is 9.10. The van der Waals surface area contributed by atoms with Gasteiger partial charge in [-0.1, -0.05) is 41.1 Å². The van der Waals surface area contributed by atoms with Crippen molar-refractivity contribution in [1.29, 1.82) is 0 Å². The van der Waals surface area contributed by atoms with Crippen LogP contribution in [0, 0.1) is 20.8 Å². The molecule has 35 heavy (non-hydrogen) atoms. The lowest BCUT2D eigenvalue weighted by Gasteiger charge is -2.28. The summed E-state index contributed by atoms with van der Waals surface area (Å²) < 4.78 is 3.43. The van der Waals surface area contributed by atoms with Crippen LogP contribution in [0.2, 0.25) is 0 Å². The molecule has 2 atom stereocenters. The molecule has 5 rings (SSSR count). The Kier molecular flexibility index (Phi) is 6.51. The average molecular weight is 546 g/mol. The van der Waals surface area contributed by atoms with Crippen molar-refractivity contribution in [2.45, 2.75) is 46.2 Å². The summed E-state index contributed by atoms with van der Waals surface area (Å²) in [6.45, 7) is 8.68. The zero-order chi connectivity index (χ0) is 24.7. The molecule has 4 nitrogen and oxygen atoms in total. The van der Waals surface area contributed by atoms with Crippen LogP contribution < -0.4 is 10.2 Å². The summed E-state index contributed by atoms with van der Waals surface area (Å²) in [7, 11) is 0. The van der Waals surface area contributed by atoms with Gasteiger partial charge in [0.05, 0.1) is 17.8 Å². The number of nitrogens with one attached hydrogen (secondary N) is 1. The summed E-state index contributed by atoms with van der Waals surface area (Å²) in [5, 5.41) is 4.30. The van der Waals surface area contributed by atoms with Crippen LogP contribution in [0.4, 0.5) is 5.69 Å². The first-order valence-corrected chi connectivity index (χ1v) is 13.1. The largest absolute Gasteiger partial charge is 0.351 e. The molecule has 1 N–H and O–H groups in total. The van der Waals surface area contributed by atoms with E-state index in [2.05, 4.69) is 113 Å². The number of hydrogen-bond acceptors (Lipinski definition) is 2. The third-order valence-electron chi connectivity index (χ3n) is 6.91. The molecule has 1 aliphatic rings. The second-order valence-electron chi connectivity index (χ2n) is 9.11. The van der Waals surface area contributed by atoms with Crippen LogP contribution in [0.15, 0.2) is 77.4 Å². The molecule has 1 saturated heterocycles. The van der Waals surface area contributed by atoms with Crippen LogP contribution in [0.25, 0.3) is 5.69 Å². The topological polar surface area (TPSA) is 33.1 Å². The number of halogens is 1. The number of aromatic nitrogens is 2. The summed E-state index contributed by atoms with van der Waals surface area (Å²) in [6.07, 6.45) is 2.88. The molecule has 1 aliphatic heterocycles. The van der Waals surface area contributed by atoms with Gasteiger partial charge in [-0.15, -0.1) is 0 Å². The lowest BCUT2D eigenvalue weighted by Crippen LogP contribution is -2.29. The summed E-state index contributed by atoms with van der Waals surface area (Å²) in [5.74, 6) is 0. The predicted molar refractivity (Wildman–Crippen MR) is 151 cm³/mol. The van der Waals surface area contributed by atoms with Gasteiger partial charge in [0.2, 0.25) is 0 Å². The van der Waals surface area contributed by atoms with Crippen molar-refractivity contribution in [3.63, 3.8) is 0 Å². The van der Waals surface area contributed by atoms with Gasteiger partial charge in [0.15, 0.2) is 5.11 Å². The van der Waals surface area contributed by atoms with E-state index in [1.165, 1.54) is 33.8 Å². The van der Waals surface area contributed by atoms with Crippen molar-refractivity contribution in [2.24, 2.45) is 0 Å². The highest BCUT2D eigenvalue weighted by Crippen LogP contribution is 2.44. The number of anilines is 1. The Balaban J connectivity index is 1.66. The van der Waals surface area contributed by atoms with Gasteiger partial charge in [-0.25, -0.2) is 0 Å². The zero-order valence-electron chi connectivity index (χ0n) is 20.4. The molecular formula is C29H29BrN4S. The Morgan fingerprint density at radius 1 is 0.971 bits per heavy atom. The first-order chi connectivity index (χ1) is 16.9. The Morgan fingerprint density at radius 2 is 1.71 bits per heavy atom. The quantitative estimate of drug-likeness (QED) is 0.267. The fourth-order valence-electron chi connectivity index (χ4n) is 5.09. The predicted octanol–water partition coefficient (Wildman–Crippen LogP) is 7.30. The molecule has 0 spiro atoms. The smallest absolute Gasteiger partial charge is 0.174 e. The van der Waals surface area contributed by atoms with Gasteiger partial charge >= 0.3 is 0 Å². The highest BCUT2D eigenvalue weighted by Gasteiger charge is 2.42. The van der Waals surface area contributed by atoms with Gasteiger partial charge in [0, 0.05) is 33.4 Å². The summed E-state index contributed by atoms with van der Waals surface area (Å²) >= 11 is 9.57. The number of rotatable bonds is 5. The van der Waals surface area contributed by atoms with Crippen molar-refractivity contribution in [2.75, 3.05) is 4.90 Å². The van der Waals surface area contributed by atoms with E-state index in [1.54, 1.807) is 0 Å². The average Bonchev–Trinajstić information content (AvgIpc) is 3.36. The molecule has 178 valence electrons. The van der Waals surface area contributed by atoms with Crippen molar-refractivity contribution >= 4 is 38.9 Å². The van der Waals surface area contributed by atoms with Crippen molar-refractivity contribution in [1.82, 2.24) is 14.9 Å². The van der Waals surface area contributed by atoms with Crippen LogP contribution in [0.5, 0.6) is 0 Å². The third kappa shape index (κ3) is 4.30. The molecule has 4 aromatic rings. The summed E-state index contributed by atoms with van der Waals surface area (Å²) in [5.41, 5.74) is 9.40. The first-order valence-electron chi connectivity index (χ1n) is 11.9. The Hall–Kier alpha value is -2.96. The molecule has 0 aliphatic carbocycles. The number of pyridine rings is 1. The number of benzene rings is 2. The van der Waals surface area contributed by atoms with E-state index in [4.69, 9.17) is 17.2 Å². The fourth-order valence-corrected chi connectivity index (χ4v) is 5.69. The van der Waals surface area contributed by atoms with Gasteiger partial charge in [0.1, 0.15) is 0 Å². The van der Waals surface area contributed by atoms with Crippen molar-refractivity contribution in [3.8, 4) is 5.69 Å². The SMILES string of the molecule is CCc1ccc(-n2c(C)cc(C3C(c4ccccn4)NC(=S)N3c3ccc(Br)c(C)c3)c2C)cc1. The van der Waals surface area contributed by atoms with Crippen LogP contribution in [-0.2, 0) is 6.42 Å². The fraction of sp³-hybridized carbons (Fsp3) is 0.241. The maximum atomic E-state index is 5.93. The molecule has 0 saturated carbocycles. The molecule has 2 aromatic heterocycles. The van der Waals surface area contributed by atoms with Gasteiger partial charge in [0.25, 0.3) is 0 Å². The van der Waals surface area contributed by atoms with Gasteiger partial charge in [-0.05, 0) is 105 Å². The van der Waals surface area contributed by atoms with Crippen molar-refractivity contribution < 1.29 is 0 Å². The maximum Gasteiger partial charge on any atom is 0.174 e. The summed E-state index contributed by atoms with van der Waals surface area (Å²) in [6, 6.07) is 23.5. The Bertz CT molecular complexity index is 1380. The van der Waals surface area contributed by atoms with Gasteiger partial charge < -0.3 is 14.8 Å². The molecule has 2 aromatic carbocycles. The van der Waals surface area contributed by atoms with Crippen LogP contribution >= 0.6 is 28.1 Å². The van der Waals surface area contributed by atoms with E-state index in [1.807, 2.05) is 18.3 Å². The lowest BCUT2D eigenvalue weighted by atomic mass is 9.96. The lowest BCUT2D eigenvalue weighted by molar-refractivity contribution is 0.565. The first kappa shape index (κ1) is 23.8. The third-order valence-corrected chi connectivity index (χ3v) is 8.11. The van der Waals surface area contributed by atoms with E-state index in [0.29, 0.717) is 5.11 Å². The van der Waals surface area contributed by atoms with Crippen molar-refractivity contribution in [3.05, 3.63) is 111 Å². The molecule has 3 heterocycles. The van der Waals surface area contributed by atoms with E-state index >= 15 is 0 Å². The van der Waals surface area contributed by atoms with E-state index in [0.717, 1.165) is 22.3 Å². The minimum absolute atomic E-state index is 0.0344. The normalized spacial score (nSPS) is 17.6.